The van der Waals surface area contributed by atoms with E-state index in [1.165, 1.54) is 0 Å². The van der Waals surface area contributed by atoms with Crippen molar-refractivity contribution >= 4 is 34.3 Å². The molecule has 2 N–H and O–H groups in total. The number of nitrogens with zero attached hydrogens (tertiary/aromatic N) is 1. The first-order chi connectivity index (χ1) is 11.0. The molecule has 4 rings (SSSR count). The van der Waals surface area contributed by atoms with Crippen LogP contribution in [0.15, 0.2) is 30.5 Å². The minimum Gasteiger partial charge on any atom is -0.371 e. The summed E-state index contributed by atoms with van der Waals surface area (Å²) in [6, 6.07) is 6.82. The lowest BCUT2D eigenvalue weighted by Crippen LogP contribution is -2.33. The van der Waals surface area contributed by atoms with Crippen molar-refractivity contribution in [3.63, 3.8) is 0 Å². The number of nitrogens with one attached hydrogen (secondary N) is 2. The number of fused-ring (bicyclic) bond motifs is 3. The largest absolute Gasteiger partial charge is 0.417 e. The molecule has 1 fully saturated rings. The molecule has 3 heterocycles. The molecule has 4 nitrogen and oxygen atoms in total. The number of halogens is 4. The highest BCUT2D eigenvalue weighted by Crippen LogP contribution is 2.34. The van der Waals surface area contributed by atoms with Crippen LogP contribution in [0, 0.1) is 0 Å². The average Bonchev–Trinajstić information content (AvgIpc) is 2.92. The quantitative estimate of drug-likeness (QED) is 0.696. The molecular formula is C16H15ClF3N3O. The molecule has 0 bridgehead atoms. The standard InChI is InChI=1S/C16H14F3N3O.ClH/c17-16(18,19)10-6-12-11-5-9(14-8-20-3-4-23-14)1-2-13(11)22-15(12)21-7-10;/h1-2,5-7,14,20H,3-4,8H2,(H,21,22);1H/t14-;/m0./s1. The molecule has 0 unspecified atom stereocenters. The Morgan fingerprint density at radius 3 is 2.71 bits per heavy atom. The summed E-state index contributed by atoms with van der Waals surface area (Å²) < 4.78 is 44.5. The highest BCUT2D eigenvalue weighted by molar-refractivity contribution is 6.06. The minimum atomic E-state index is -4.40. The van der Waals surface area contributed by atoms with Gasteiger partial charge in [-0.1, -0.05) is 6.07 Å². The van der Waals surface area contributed by atoms with Gasteiger partial charge in [0.15, 0.2) is 0 Å². The Morgan fingerprint density at radius 2 is 2.00 bits per heavy atom. The van der Waals surface area contributed by atoms with Gasteiger partial charge in [0, 0.05) is 35.6 Å². The van der Waals surface area contributed by atoms with E-state index in [4.69, 9.17) is 4.74 Å². The number of aromatic nitrogens is 2. The number of ether oxygens (including phenoxy) is 1. The number of rotatable bonds is 1. The van der Waals surface area contributed by atoms with Crippen molar-refractivity contribution in [2.75, 3.05) is 19.7 Å². The molecule has 0 saturated carbocycles. The molecule has 1 atom stereocenters. The van der Waals surface area contributed by atoms with Crippen LogP contribution in [0.4, 0.5) is 13.2 Å². The smallest absolute Gasteiger partial charge is 0.371 e. The molecule has 0 spiro atoms. The van der Waals surface area contributed by atoms with Crippen LogP contribution in [0.3, 0.4) is 0 Å². The first-order valence-corrected chi connectivity index (χ1v) is 7.33. The van der Waals surface area contributed by atoms with Gasteiger partial charge in [0.05, 0.1) is 18.3 Å². The molecule has 1 aliphatic heterocycles. The molecule has 1 aliphatic rings. The maximum Gasteiger partial charge on any atom is 0.417 e. The van der Waals surface area contributed by atoms with Crippen molar-refractivity contribution in [2.24, 2.45) is 0 Å². The third-order valence-electron chi connectivity index (χ3n) is 4.10. The summed E-state index contributed by atoms with van der Waals surface area (Å²) in [5.74, 6) is 0. The monoisotopic (exact) mass is 357 g/mol. The van der Waals surface area contributed by atoms with Crippen LogP contribution in [0.25, 0.3) is 21.9 Å². The summed E-state index contributed by atoms with van der Waals surface area (Å²) in [6.45, 7) is 2.13. The number of hydrogen-bond donors (Lipinski definition) is 2. The van der Waals surface area contributed by atoms with Gasteiger partial charge in [-0.25, -0.2) is 4.98 Å². The van der Waals surface area contributed by atoms with Gasteiger partial charge in [0.25, 0.3) is 0 Å². The van der Waals surface area contributed by atoms with Crippen molar-refractivity contribution in [2.45, 2.75) is 12.3 Å². The second kappa shape index (κ2) is 6.23. The predicted molar refractivity (Wildman–Crippen MR) is 87.4 cm³/mol. The molecule has 0 amide bonds. The summed E-state index contributed by atoms with van der Waals surface area (Å²) in [7, 11) is 0. The SMILES string of the molecule is Cl.FC(F)(F)c1cnc2[nH]c3ccc([C@@H]4CNCCO4)cc3c2c1. The van der Waals surface area contributed by atoms with Gasteiger partial charge in [0.1, 0.15) is 5.65 Å². The van der Waals surface area contributed by atoms with E-state index >= 15 is 0 Å². The lowest BCUT2D eigenvalue weighted by atomic mass is 10.0. The molecule has 128 valence electrons. The third kappa shape index (κ3) is 2.94. The van der Waals surface area contributed by atoms with E-state index < -0.39 is 11.7 Å². The van der Waals surface area contributed by atoms with Crippen LogP contribution in [0.5, 0.6) is 0 Å². The number of morpholine rings is 1. The zero-order valence-electron chi connectivity index (χ0n) is 12.5. The van der Waals surface area contributed by atoms with Gasteiger partial charge < -0.3 is 15.0 Å². The topological polar surface area (TPSA) is 49.9 Å². The second-order valence-corrected chi connectivity index (χ2v) is 5.61. The zero-order valence-corrected chi connectivity index (χ0v) is 13.3. The second-order valence-electron chi connectivity index (χ2n) is 5.61. The molecule has 0 radical (unpaired) electrons. The number of aromatic amines is 1. The van der Waals surface area contributed by atoms with Gasteiger partial charge in [-0.3, -0.25) is 0 Å². The number of H-pyrrole nitrogens is 1. The van der Waals surface area contributed by atoms with Gasteiger partial charge in [-0.05, 0) is 23.8 Å². The van der Waals surface area contributed by atoms with Crippen molar-refractivity contribution in [1.82, 2.24) is 15.3 Å². The molecular weight excluding hydrogens is 343 g/mol. The Hall–Kier alpha value is -1.83. The van der Waals surface area contributed by atoms with Crippen LogP contribution < -0.4 is 5.32 Å². The molecule has 0 aliphatic carbocycles. The molecule has 2 aromatic heterocycles. The number of alkyl halides is 3. The summed E-state index contributed by atoms with van der Waals surface area (Å²) in [4.78, 5) is 6.96. The zero-order chi connectivity index (χ0) is 16.0. The lowest BCUT2D eigenvalue weighted by molar-refractivity contribution is -0.137. The molecule has 24 heavy (non-hydrogen) atoms. The fourth-order valence-corrected chi connectivity index (χ4v) is 2.93. The third-order valence-corrected chi connectivity index (χ3v) is 4.10. The fourth-order valence-electron chi connectivity index (χ4n) is 2.93. The average molecular weight is 358 g/mol. The molecule has 1 saturated heterocycles. The summed E-state index contributed by atoms with van der Waals surface area (Å²) in [6.07, 6.45) is -3.64. The fraction of sp³-hybridized carbons (Fsp3) is 0.312. The number of hydrogen-bond acceptors (Lipinski definition) is 3. The highest BCUT2D eigenvalue weighted by Gasteiger charge is 2.31. The Morgan fingerprint density at radius 1 is 1.17 bits per heavy atom. The number of pyridine rings is 1. The van der Waals surface area contributed by atoms with Gasteiger partial charge in [0.2, 0.25) is 0 Å². The van der Waals surface area contributed by atoms with Crippen LogP contribution in [0.2, 0.25) is 0 Å². The Balaban J connectivity index is 0.00000169. The van der Waals surface area contributed by atoms with Crippen LogP contribution >= 0.6 is 12.4 Å². The maximum absolute atomic E-state index is 12.9. The van der Waals surface area contributed by atoms with E-state index in [1.54, 1.807) is 0 Å². The summed E-state index contributed by atoms with van der Waals surface area (Å²) >= 11 is 0. The maximum atomic E-state index is 12.9. The predicted octanol–water partition coefficient (Wildman–Crippen LogP) is 3.82. The van der Waals surface area contributed by atoms with Crippen molar-refractivity contribution in [1.29, 1.82) is 0 Å². The summed E-state index contributed by atoms with van der Waals surface area (Å²) in [5, 5.41) is 4.45. The van der Waals surface area contributed by atoms with E-state index in [0.29, 0.717) is 24.2 Å². The number of benzene rings is 1. The van der Waals surface area contributed by atoms with E-state index in [-0.39, 0.29) is 18.5 Å². The Kier molecular flexibility index (Phi) is 4.42. The van der Waals surface area contributed by atoms with Crippen LogP contribution in [-0.2, 0) is 10.9 Å². The minimum absolute atomic E-state index is 0. The van der Waals surface area contributed by atoms with Gasteiger partial charge in [-0.15, -0.1) is 12.4 Å². The van der Waals surface area contributed by atoms with Gasteiger partial charge in [-0.2, -0.15) is 13.2 Å². The van der Waals surface area contributed by atoms with Gasteiger partial charge >= 0.3 is 6.18 Å². The van der Waals surface area contributed by atoms with Crippen molar-refractivity contribution in [3.05, 3.63) is 41.6 Å². The van der Waals surface area contributed by atoms with E-state index in [2.05, 4.69) is 15.3 Å². The van der Waals surface area contributed by atoms with E-state index in [0.717, 1.165) is 35.3 Å². The highest BCUT2D eigenvalue weighted by atomic mass is 35.5. The van der Waals surface area contributed by atoms with Crippen LogP contribution in [-0.4, -0.2) is 29.7 Å². The molecule has 3 aromatic rings. The van der Waals surface area contributed by atoms with E-state index in [1.807, 2.05) is 18.2 Å². The van der Waals surface area contributed by atoms with Crippen LogP contribution in [0.1, 0.15) is 17.2 Å². The Bertz CT molecular complexity index is 872. The Labute approximate surface area is 141 Å². The first-order valence-electron chi connectivity index (χ1n) is 7.33. The molecule has 8 heteroatoms. The van der Waals surface area contributed by atoms with E-state index in [9.17, 15) is 13.2 Å². The van der Waals surface area contributed by atoms with Crippen molar-refractivity contribution < 1.29 is 17.9 Å². The summed E-state index contributed by atoms with van der Waals surface area (Å²) in [5.41, 5.74) is 1.42. The first kappa shape index (κ1) is 17.0. The lowest BCUT2D eigenvalue weighted by Gasteiger charge is -2.24. The van der Waals surface area contributed by atoms with Crippen molar-refractivity contribution in [3.8, 4) is 0 Å². The normalized spacial score (nSPS) is 18.7. The molecule has 1 aromatic carbocycles.